The maximum atomic E-state index is 12.1. The van der Waals surface area contributed by atoms with Gasteiger partial charge in [0.15, 0.2) is 0 Å². The van der Waals surface area contributed by atoms with Gasteiger partial charge in [0.25, 0.3) is 0 Å². The molecule has 3 rings (SSSR count). The molecule has 2 unspecified atom stereocenters. The lowest BCUT2D eigenvalue weighted by Crippen LogP contribution is -2.38. The number of nitrogens with one attached hydrogen (secondary N) is 1. The first-order valence-electron chi connectivity index (χ1n) is 7.04. The predicted octanol–water partition coefficient (Wildman–Crippen LogP) is 1.94. The average molecular weight is 260 g/mol. The Labute approximate surface area is 113 Å². The number of hydrogen-bond donors (Lipinski definition) is 2. The number of amides is 1. The lowest BCUT2D eigenvalue weighted by atomic mass is 9.87. The summed E-state index contributed by atoms with van der Waals surface area (Å²) in [7, 11) is 0. The molecule has 1 saturated heterocycles. The molecule has 19 heavy (non-hydrogen) atoms. The molecular formula is C15H20N2O2. The third-order valence-corrected chi connectivity index (χ3v) is 4.02. The lowest BCUT2D eigenvalue weighted by molar-refractivity contribution is -0.130. The van der Waals surface area contributed by atoms with Crippen LogP contribution in [0, 0.1) is 0 Å². The summed E-state index contributed by atoms with van der Waals surface area (Å²) in [5.74, 6) is 0.0344. The molecule has 0 aromatic heterocycles. The number of anilines is 1. The van der Waals surface area contributed by atoms with Gasteiger partial charge in [-0.2, -0.15) is 0 Å². The third-order valence-electron chi connectivity index (χ3n) is 4.02. The first-order chi connectivity index (χ1) is 9.24. The molecule has 1 aliphatic heterocycles. The normalized spacial score (nSPS) is 25.9. The molecule has 4 nitrogen and oxygen atoms in total. The van der Waals surface area contributed by atoms with E-state index in [0.717, 1.165) is 37.8 Å². The molecule has 2 aliphatic rings. The molecule has 0 bridgehead atoms. The van der Waals surface area contributed by atoms with E-state index in [2.05, 4.69) is 5.32 Å². The van der Waals surface area contributed by atoms with Gasteiger partial charge in [0.05, 0.1) is 6.04 Å². The third kappa shape index (κ3) is 2.59. The van der Waals surface area contributed by atoms with Gasteiger partial charge in [-0.15, -0.1) is 0 Å². The average Bonchev–Trinajstić information content (AvgIpc) is 2.92. The van der Waals surface area contributed by atoms with Gasteiger partial charge in [-0.05, 0) is 55.4 Å². The van der Waals surface area contributed by atoms with Gasteiger partial charge < -0.3 is 15.8 Å². The van der Waals surface area contributed by atoms with E-state index in [9.17, 15) is 4.79 Å². The maximum Gasteiger partial charge on any atom is 0.249 e. The molecule has 102 valence electrons. The Balaban J connectivity index is 1.74. The van der Waals surface area contributed by atoms with Gasteiger partial charge in [0, 0.05) is 12.3 Å². The summed E-state index contributed by atoms with van der Waals surface area (Å²) in [4.78, 5) is 12.1. The molecule has 1 aromatic carbocycles. The van der Waals surface area contributed by atoms with E-state index in [1.165, 1.54) is 11.1 Å². The molecule has 0 radical (unpaired) electrons. The van der Waals surface area contributed by atoms with Crippen LogP contribution in [-0.2, 0) is 16.0 Å². The summed E-state index contributed by atoms with van der Waals surface area (Å²) in [6.45, 7) is 0.704. The highest BCUT2D eigenvalue weighted by atomic mass is 16.5. The maximum absolute atomic E-state index is 12.1. The van der Waals surface area contributed by atoms with Gasteiger partial charge in [0.1, 0.15) is 6.10 Å². The van der Waals surface area contributed by atoms with E-state index in [0.29, 0.717) is 6.61 Å². The van der Waals surface area contributed by atoms with Crippen LogP contribution in [0.25, 0.3) is 0 Å². The van der Waals surface area contributed by atoms with Crippen molar-refractivity contribution in [3.63, 3.8) is 0 Å². The van der Waals surface area contributed by atoms with Crippen LogP contribution in [0.5, 0.6) is 0 Å². The number of rotatable bonds is 2. The number of ether oxygens (including phenoxy) is 1. The molecule has 0 spiro atoms. The molecule has 1 aliphatic carbocycles. The molecule has 1 aromatic rings. The second kappa shape index (κ2) is 5.21. The molecule has 2 atom stereocenters. The van der Waals surface area contributed by atoms with Crippen molar-refractivity contribution in [2.75, 3.05) is 12.3 Å². The summed E-state index contributed by atoms with van der Waals surface area (Å²) >= 11 is 0. The molecule has 1 fully saturated rings. The first kappa shape index (κ1) is 12.5. The van der Waals surface area contributed by atoms with Crippen LogP contribution in [-0.4, -0.2) is 18.6 Å². The van der Waals surface area contributed by atoms with Crippen molar-refractivity contribution >= 4 is 11.6 Å². The fraction of sp³-hybridized carbons (Fsp3) is 0.533. The predicted molar refractivity (Wildman–Crippen MR) is 73.7 cm³/mol. The van der Waals surface area contributed by atoms with Gasteiger partial charge in [-0.25, -0.2) is 0 Å². The second-order valence-electron chi connectivity index (χ2n) is 5.41. The van der Waals surface area contributed by atoms with Crippen LogP contribution in [0.3, 0.4) is 0 Å². The van der Waals surface area contributed by atoms with Crippen molar-refractivity contribution in [3.05, 3.63) is 29.3 Å². The van der Waals surface area contributed by atoms with E-state index in [-0.39, 0.29) is 18.1 Å². The van der Waals surface area contributed by atoms with E-state index in [1.54, 1.807) is 0 Å². The number of carbonyl (C=O) groups is 1. The number of hydrogen-bond acceptors (Lipinski definition) is 3. The smallest absolute Gasteiger partial charge is 0.249 e. The lowest BCUT2D eigenvalue weighted by Gasteiger charge is -2.27. The van der Waals surface area contributed by atoms with Gasteiger partial charge in [-0.1, -0.05) is 6.07 Å². The quantitative estimate of drug-likeness (QED) is 0.799. The van der Waals surface area contributed by atoms with Crippen molar-refractivity contribution in [1.29, 1.82) is 0 Å². The molecule has 3 N–H and O–H groups in total. The zero-order chi connectivity index (χ0) is 13.2. The summed E-state index contributed by atoms with van der Waals surface area (Å²) in [5, 5.41) is 3.13. The first-order valence-corrected chi connectivity index (χ1v) is 7.04. The summed E-state index contributed by atoms with van der Waals surface area (Å²) in [6, 6.07) is 6.10. The fourth-order valence-electron chi connectivity index (χ4n) is 3.03. The number of fused-ring (bicyclic) bond motifs is 1. The van der Waals surface area contributed by atoms with Gasteiger partial charge in [-0.3, -0.25) is 4.79 Å². The van der Waals surface area contributed by atoms with Crippen molar-refractivity contribution in [2.45, 2.75) is 44.2 Å². The number of aryl methyl sites for hydroxylation is 1. The van der Waals surface area contributed by atoms with Crippen molar-refractivity contribution in [2.24, 2.45) is 0 Å². The van der Waals surface area contributed by atoms with Gasteiger partial charge in [0.2, 0.25) is 5.91 Å². The molecule has 1 amide bonds. The summed E-state index contributed by atoms with van der Waals surface area (Å²) in [6.07, 6.45) is 4.71. The molecular weight excluding hydrogens is 240 g/mol. The van der Waals surface area contributed by atoms with Gasteiger partial charge >= 0.3 is 0 Å². The Morgan fingerprint density at radius 2 is 2.21 bits per heavy atom. The number of benzene rings is 1. The molecule has 1 heterocycles. The van der Waals surface area contributed by atoms with E-state index < -0.39 is 0 Å². The molecule has 0 saturated carbocycles. The van der Waals surface area contributed by atoms with E-state index >= 15 is 0 Å². The fourth-order valence-corrected chi connectivity index (χ4v) is 3.03. The minimum Gasteiger partial charge on any atom is -0.399 e. The van der Waals surface area contributed by atoms with E-state index in [4.69, 9.17) is 10.5 Å². The second-order valence-corrected chi connectivity index (χ2v) is 5.41. The van der Waals surface area contributed by atoms with Crippen LogP contribution >= 0.6 is 0 Å². The standard InChI is InChI=1S/C15H20N2O2/c16-11-6-7-12-10(9-11)3-1-4-13(12)17-15(18)14-5-2-8-19-14/h6-7,9,13-14H,1-5,8,16H2,(H,17,18). The van der Waals surface area contributed by atoms with Crippen molar-refractivity contribution < 1.29 is 9.53 Å². The highest BCUT2D eigenvalue weighted by molar-refractivity contribution is 5.81. The highest BCUT2D eigenvalue weighted by Gasteiger charge is 2.28. The minimum atomic E-state index is -0.251. The zero-order valence-electron chi connectivity index (χ0n) is 11.0. The Morgan fingerprint density at radius 1 is 1.32 bits per heavy atom. The molecule has 4 heteroatoms. The van der Waals surface area contributed by atoms with Crippen molar-refractivity contribution in [1.82, 2.24) is 5.32 Å². The Kier molecular flexibility index (Phi) is 3.42. The monoisotopic (exact) mass is 260 g/mol. The Hall–Kier alpha value is -1.55. The van der Waals surface area contributed by atoms with Crippen molar-refractivity contribution in [3.8, 4) is 0 Å². The number of carbonyl (C=O) groups excluding carboxylic acids is 1. The zero-order valence-corrected chi connectivity index (χ0v) is 11.0. The number of nitrogens with two attached hydrogens (primary N) is 1. The van der Waals surface area contributed by atoms with E-state index in [1.807, 2.05) is 18.2 Å². The minimum absolute atomic E-state index is 0.0344. The van der Waals surface area contributed by atoms with Crippen LogP contribution in [0.2, 0.25) is 0 Å². The SMILES string of the molecule is Nc1ccc2c(c1)CCCC2NC(=O)C1CCCO1. The largest absolute Gasteiger partial charge is 0.399 e. The van der Waals surface area contributed by atoms with Crippen LogP contribution in [0.15, 0.2) is 18.2 Å². The van der Waals surface area contributed by atoms with Crippen LogP contribution in [0.1, 0.15) is 42.9 Å². The highest BCUT2D eigenvalue weighted by Crippen LogP contribution is 2.31. The summed E-state index contributed by atoms with van der Waals surface area (Å²) < 4.78 is 5.43. The number of nitrogen functional groups attached to an aromatic ring is 1. The van der Waals surface area contributed by atoms with Crippen LogP contribution < -0.4 is 11.1 Å². The Bertz CT molecular complexity index is 481. The van der Waals surface area contributed by atoms with Crippen LogP contribution in [0.4, 0.5) is 5.69 Å². The topological polar surface area (TPSA) is 64.3 Å². The summed E-state index contributed by atoms with van der Waals surface area (Å²) in [5.41, 5.74) is 9.10. The Morgan fingerprint density at radius 3 is 3.00 bits per heavy atom.